The van der Waals surface area contributed by atoms with Gasteiger partial charge in [-0.15, -0.1) is 0 Å². The molecule has 1 aromatic carbocycles. The number of methoxy groups -OCH3 is 1. The fraction of sp³-hybridized carbons (Fsp3) is 0.385. The highest BCUT2D eigenvalue weighted by Crippen LogP contribution is 2.29. The van der Waals surface area contributed by atoms with Gasteiger partial charge in [-0.05, 0) is 50.7 Å². The van der Waals surface area contributed by atoms with E-state index >= 15 is 0 Å². The van der Waals surface area contributed by atoms with Crippen molar-refractivity contribution in [2.75, 3.05) is 39.1 Å². The number of piperidine rings is 1. The first kappa shape index (κ1) is 24.9. The van der Waals surface area contributed by atoms with Crippen LogP contribution in [0.3, 0.4) is 0 Å². The van der Waals surface area contributed by atoms with Crippen LogP contribution in [0.4, 0.5) is 5.82 Å². The molecular weight excluding hydrogens is 458 g/mol. The number of ether oxygens (including phenoxy) is 1. The van der Waals surface area contributed by atoms with Crippen LogP contribution < -0.4 is 10.1 Å². The Morgan fingerprint density at radius 3 is 2.69 bits per heavy atom. The van der Waals surface area contributed by atoms with Crippen LogP contribution in [0.25, 0.3) is 22.3 Å². The number of benzene rings is 1. The zero-order chi connectivity index (χ0) is 23.5. The van der Waals surface area contributed by atoms with E-state index in [0.717, 1.165) is 66.3 Å². The van der Waals surface area contributed by atoms with Crippen molar-refractivity contribution < 1.29 is 4.74 Å². The number of aromatic nitrogens is 5. The molecule has 1 aliphatic rings. The summed E-state index contributed by atoms with van der Waals surface area (Å²) in [6.45, 7) is 5.09. The number of hydrogen-bond acceptors (Lipinski definition) is 7. The van der Waals surface area contributed by atoms with Crippen molar-refractivity contribution in [3.8, 4) is 17.0 Å². The first-order valence-electron chi connectivity index (χ1n) is 11.8. The Kier molecular flexibility index (Phi) is 7.87. The minimum Gasteiger partial charge on any atom is -0.496 e. The maximum atomic E-state index is 5.51. The lowest BCUT2D eigenvalue weighted by Crippen LogP contribution is -2.31. The molecule has 8 nitrogen and oxygen atoms in total. The molecule has 4 aromatic rings. The van der Waals surface area contributed by atoms with Crippen LogP contribution in [0.2, 0.25) is 0 Å². The van der Waals surface area contributed by atoms with Crippen molar-refractivity contribution >= 4 is 30.3 Å². The van der Waals surface area contributed by atoms with Gasteiger partial charge in [0.15, 0.2) is 5.65 Å². The molecule has 1 fully saturated rings. The number of pyridine rings is 1. The molecule has 3 aromatic heterocycles. The number of fused-ring (bicyclic) bond motifs is 1. The highest BCUT2D eigenvalue weighted by Gasteiger charge is 2.21. The molecule has 0 bridgehead atoms. The highest BCUT2D eigenvalue weighted by atomic mass is 32.1. The molecule has 1 saturated heterocycles. The predicted octanol–water partition coefficient (Wildman–Crippen LogP) is 4.49. The van der Waals surface area contributed by atoms with Gasteiger partial charge >= 0.3 is 0 Å². The third kappa shape index (κ3) is 5.41. The lowest BCUT2D eigenvalue weighted by Gasteiger charge is -2.29. The Bertz CT molecular complexity index is 1270. The second-order valence-corrected chi connectivity index (χ2v) is 9.07. The molecule has 184 valence electrons. The minimum atomic E-state index is 0. The van der Waals surface area contributed by atoms with Gasteiger partial charge < -0.3 is 15.0 Å². The summed E-state index contributed by atoms with van der Waals surface area (Å²) in [5, 5.41) is 9.15. The molecule has 0 unspecified atom stereocenters. The van der Waals surface area contributed by atoms with Crippen LogP contribution in [-0.2, 0) is 0 Å². The lowest BCUT2D eigenvalue weighted by atomic mass is 10.00. The summed E-state index contributed by atoms with van der Waals surface area (Å²) in [6.07, 6.45) is 7.60. The molecule has 35 heavy (non-hydrogen) atoms. The quantitative estimate of drug-likeness (QED) is 0.408. The van der Waals surface area contributed by atoms with Crippen molar-refractivity contribution in [3.63, 3.8) is 0 Å². The topological polar surface area (TPSA) is 81.0 Å². The molecule has 0 radical (unpaired) electrons. The first-order valence-corrected chi connectivity index (χ1v) is 11.8. The second-order valence-electron chi connectivity index (χ2n) is 9.07. The molecule has 9 heteroatoms. The van der Waals surface area contributed by atoms with Crippen molar-refractivity contribution in [3.05, 3.63) is 60.7 Å². The monoisotopic (exact) mass is 491 g/mol. The van der Waals surface area contributed by atoms with E-state index in [9.17, 15) is 0 Å². The van der Waals surface area contributed by atoms with Gasteiger partial charge in [0.05, 0.1) is 25.0 Å². The van der Waals surface area contributed by atoms with Gasteiger partial charge in [0, 0.05) is 35.7 Å². The number of nitrogens with one attached hydrogen (secondary N) is 1. The number of para-hydroxylation sites is 1. The number of likely N-dealkylation sites (tertiary alicyclic amines) is 1. The summed E-state index contributed by atoms with van der Waals surface area (Å²) >= 11 is 0. The summed E-state index contributed by atoms with van der Waals surface area (Å²) in [5.41, 5.74) is 3.90. The second kappa shape index (κ2) is 11.0. The van der Waals surface area contributed by atoms with Crippen LogP contribution in [0, 0.1) is 0 Å². The largest absolute Gasteiger partial charge is 0.496 e. The highest BCUT2D eigenvalue weighted by molar-refractivity contribution is 7.59. The molecule has 0 amide bonds. The van der Waals surface area contributed by atoms with Crippen molar-refractivity contribution in [1.82, 2.24) is 29.6 Å². The standard InChI is InChI=1S/C26H31N7O.H2S/c1-18(22-6-4-5-7-24(22)34-3)14-27-25-13-23(29-17-30-25)19-12-20-16-31-33(26(20)28-15-19)21-8-10-32(2)11-9-21;/h4-7,12-13,15-18,21H,8-11,14H2,1-3H3,(H,27,29,30);1H2/t18-;/m1./s1. The fourth-order valence-electron chi connectivity index (χ4n) is 4.64. The van der Waals surface area contributed by atoms with Crippen LogP contribution >= 0.6 is 13.5 Å². The summed E-state index contributed by atoms with van der Waals surface area (Å²) < 4.78 is 7.60. The zero-order valence-electron chi connectivity index (χ0n) is 20.5. The van der Waals surface area contributed by atoms with Gasteiger partial charge in [0.25, 0.3) is 0 Å². The van der Waals surface area contributed by atoms with E-state index in [1.54, 1.807) is 13.4 Å². The van der Waals surface area contributed by atoms with Crippen LogP contribution in [-0.4, -0.2) is 63.4 Å². The van der Waals surface area contributed by atoms with Gasteiger partial charge in [0.1, 0.15) is 17.9 Å². The maximum Gasteiger partial charge on any atom is 0.158 e. The van der Waals surface area contributed by atoms with E-state index in [1.165, 1.54) is 5.56 Å². The third-order valence-electron chi connectivity index (χ3n) is 6.69. The van der Waals surface area contributed by atoms with E-state index < -0.39 is 0 Å². The Balaban J connectivity index is 0.00000289. The normalized spacial score (nSPS) is 15.5. The molecule has 0 spiro atoms. The molecule has 1 N–H and O–H groups in total. The smallest absolute Gasteiger partial charge is 0.158 e. The van der Waals surface area contributed by atoms with Gasteiger partial charge in [-0.3, -0.25) is 0 Å². The molecule has 1 aliphatic heterocycles. The first-order chi connectivity index (χ1) is 16.6. The Labute approximate surface area is 213 Å². The van der Waals surface area contributed by atoms with E-state index in [-0.39, 0.29) is 19.4 Å². The Hall–Kier alpha value is -3.17. The van der Waals surface area contributed by atoms with Crippen LogP contribution in [0.15, 0.2) is 55.1 Å². The van der Waals surface area contributed by atoms with E-state index in [4.69, 9.17) is 9.72 Å². The van der Waals surface area contributed by atoms with Gasteiger partial charge in [0.2, 0.25) is 0 Å². The number of anilines is 1. The maximum absolute atomic E-state index is 5.51. The van der Waals surface area contributed by atoms with E-state index in [1.807, 2.05) is 36.7 Å². The Morgan fingerprint density at radius 1 is 1.09 bits per heavy atom. The molecule has 0 saturated carbocycles. The van der Waals surface area contributed by atoms with Gasteiger partial charge in [-0.25, -0.2) is 19.6 Å². The third-order valence-corrected chi connectivity index (χ3v) is 6.69. The summed E-state index contributed by atoms with van der Waals surface area (Å²) in [5.74, 6) is 1.95. The molecule has 1 atom stereocenters. The molecule has 5 rings (SSSR count). The molecule has 0 aliphatic carbocycles. The molecule has 4 heterocycles. The van der Waals surface area contributed by atoms with E-state index in [0.29, 0.717) is 6.04 Å². The predicted molar refractivity (Wildman–Crippen MR) is 145 cm³/mol. The van der Waals surface area contributed by atoms with Crippen molar-refractivity contribution in [1.29, 1.82) is 0 Å². The van der Waals surface area contributed by atoms with Gasteiger partial charge in [-0.1, -0.05) is 25.1 Å². The fourth-order valence-corrected chi connectivity index (χ4v) is 4.64. The lowest BCUT2D eigenvalue weighted by molar-refractivity contribution is 0.215. The van der Waals surface area contributed by atoms with E-state index in [2.05, 4.69) is 56.1 Å². The van der Waals surface area contributed by atoms with Crippen LogP contribution in [0.1, 0.15) is 37.3 Å². The average molecular weight is 492 g/mol. The summed E-state index contributed by atoms with van der Waals surface area (Å²) in [4.78, 5) is 16.0. The van der Waals surface area contributed by atoms with Crippen molar-refractivity contribution in [2.24, 2.45) is 0 Å². The minimum absolute atomic E-state index is 0. The number of hydrogen-bond donors (Lipinski definition) is 1. The molecular formula is C26H33N7OS. The van der Waals surface area contributed by atoms with Crippen molar-refractivity contribution in [2.45, 2.75) is 31.7 Å². The SMILES string of the molecule is COc1ccccc1[C@H](C)CNc1cc(-c2cnc3c(cnn3C3CCN(C)CC3)c2)ncn1.S. The Morgan fingerprint density at radius 2 is 1.89 bits per heavy atom. The number of nitrogens with zero attached hydrogens (tertiary/aromatic N) is 6. The van der Waals surface area contributed by atoms with Crippen LogP contribution in [0.5, 0.6) is 5.75 Å². The number of rotatable bonds is 7. The summed E-state index contributed by atoms with van der Waals surface area (Å²) in [6, 6.07) is 12.6. The summed E-state index contributed by atoms with van der Waals surface area (Å²) in [7, 11) is 3.88. The zero-order valence-corrected chi connectivity index (χ0v) is 21.5. The van der Waals surface area contributed by atoms with Gasteiger partial charge in [-0.2, -0.15) is 18.6 Å². The average Bonchev–Trinajstić information content (AvgIpc) is 3.31.